The molecule has 0 fully saturated rings. The molecule has 0 aliphatic carbocycles. The van der Waals surface area contributed by atoms with E-state index in [1.54, 1.807) is 0 Å². The molecule has 0 aliphatic rings. The van der Waals surface area contributed by atoms with Crippen molar-refractivity contribution in [2.75, 3.05) is 6.61 Å². The molecule has 15 heavy (non-hydrogen) atoms. The zero-order valence-corrected chi connectivity index (χ0v) is 7.94. The van der Waals surface area contributed by atoms with Crippen molar-refractivity contribution in [2.24, 2.45) is 0 Å². The second-order valence-corrected chi connectivity index (χ2v) is 2.76. The van der Waals surface area contributed by atoms with Gasteiger partial charge in [-0.3, -0.25) is 0 Å². The van der Waals surface area contributed by atoms with Crippen molar-refractivity contribution in [3.8, 4) is 0 Å². The molecule has 84 valence electrons. The average molecular weight is 220 g/mol. The maximum Gasteiger partial charge on any atom is 0.380 e. The highest BCUT2D eigenvalue weighted by molar-refractivity contribution is 5.78. The van der Waals surface area contributed by atoms with Crippen LogP contribution in [0.15, 0.2) is 22.8 Å². The number of hydrogen-bond donors (Lipinski definition) is 1. The van der Waals surface area contributed by atoms with E-state index in [-0.39, 0.29) is 12.4 Å². The van der Waals surface area contributed by atoms with Crippen molar-refractivity contribution in [1.29, 1.82) is 0 Å². The van der Waals surface area contributed by atoms with E-state index >= 15 is 0 Å². The summed E-state index contributed by atoms with van der Waals surface area (Å²) < 4.78 is 35.1. The van der Waals surface area contributed by atoms with Gasteiger partial charge in [-0.1, -0.05) is 0 Å². The number of esters is 1. The van der Waals surface area contributed by atoms with E-state index in [4.69, 9.17) is 0 Å². The van der Waals surface area contributed by atoms with E-state index in [9.17, 15) is 18.7 Å². The van der Waals surface area contributed by atoms with Crippen LogP contribution in [-0.2, 0) is 9.53 Å². The minimum atomic E-state index is -4.01. The smallest absolute Gasteiger partial charge is 0.380 e. The minimum Gasteiger partial charge on any atom is -0.466 e. The van der Waals surface area contributed by atoms with Crippen molar-refractivity contribution in [1.82, 2.24) is 0 Å². The van der Waals surface area contributed by atoms with Crippen LogP contribution in [0.1, 0.15) is 18.8 Å². The van der Waals surface area contributed by atoms with Gasteiger partial charge in [-0.05, 0) is 19.1 Å². The standard InChI is InChI=1S/C9H10F2O4/c1-2-14-8(13)9(10,11)7(12)6-4-3-5-15-6/h3-5,7,12H,2H2,1H3/t7-/m1/s1. The first-order valence-electron chi connectivity index (χ1n) is 4.26. The van der Waals surface area contributed by atoms with Crippen LogP contribution in [-0.4, -0.2) is 23.6 Å². The molecular weight excluding hydrogens is 210 g/mol. The third-order valence-electron chi connectivity index (χ3n) is 1.70. The zero-order chi connectivity index (χ0) is 11.5. The first-order chi connectivity index (χ1) is 7.00. The van der Waals surface area contributed by atoms with Gasteiger partial charge in [0.05, 0.1) is 12.9 Å². The highest BCUT2D eigenvalue weighted by atomic mass is 19.3. The molecule has 0 radical (unpaired) electrons. The third kappa shape index (κ3) is 2.33. The van der Waals surface area contributed by atoms with E-state index in [0.29, 0.717) is 0 Å². The van der Waals surface area contributed by atoms with Crippen LogP contribution in [0.5, 0.6) is 0 Å². The summed E-state index contributed by atoms with van der Waals surface area (Å²) in [6.07, 6.45) is -1.20. The number of hydrogen-bond acceptors (Lipinski definition) is 4. The van der Waals surface area contributed by atoms with E-state index in [1.807, 2.05) is 0 Å². The summed E-state index contributed by atoms with van der Waals surface area (Å²) in [5.41, 5.74) is 0. The topological polar surface area (TPSA) is 59.7 Å². The van der Waals surface area contributed by atoms with Gasteiger partial charge in [0.25, 0.3) is 0 Å². The van der Waals surface area contributed by atoms with Crippen LogP contribution in [0.2, 0.25) is 0 Å². The first-order valence-corrected chi connectivity index (χ1v) is 4.26. The number of ether oxygens (including phenoxy) is 1. The maximum atomic E-state index is 13.2. The Hall–Kier alpha value is -1.43. The lowest BCUT2D eigenvalue weighted by molar-refractivity contribution is -0.190. The van der Waals surface area contributed by atoms with E-state index in [0.717, 1.165) is 12.3 Å². The predicted octanol–water partition coefficient (Wildman–Crippen LogP) is 1.51. The summed E-state index contributed by atoms with van der Waals surface area (Å²) in [5, 5.41) is 9.19. The Bertz CT molecular complexity index is 321. The second-order valence-electron chi connectivity index (χ2n) is 2.76. The van der Waals surface area contributed by atoms with Crippen LogP contribution >= 0.6 is 0 Å². The molecule has 0 amide bonds. The van der Waals surface area contributed by atoms with Gasteiger partial charge in [0.15, 0.2) is 6.10 Å². The summed E-state index contributed by atoms with van der Waals surface area (Å²) in [4.78, 5) is 10.8. The predicted molar refractivity (Wildman–Crippen MR) is 45.2 cm³/mol. The Morgan fingerprint density at radius 3 is 2.87 bits per heavy atom. The lowest BCUT2D eigenvalue weighted by atomic mass is 10.1. The molecule has 0 saturated heterocycles. The fraction of sp³-hybridized carbons (Fsp3) is 0.444. The molecule has 1 atom stereocenters. The number of alkyl halides is 2. The van der Waals surface area contributed by atoms with Gasteiger partial charge in [0, 0.05) is 0 Å². The van der Waals surface area contributed by atoms with Gasteiger partial charge >= 0.3 is 11.9 Å². The molecule has 0 aromatic carbocycles. The summed E-state index contributed by atoms with van der Waals surface area (Å²) in [6.45, 7) is 1.21. The zero-order valence-electron chi connectivity index (χ0n) is 7.94. The van der Waals surface area contributed by atoms with Crippen LogP contribution < -0.4 is 0 Å². The normalized spacial score (nSPS) is 13.6. The summed E-state index contributed by atoms with van der Waals surface area (Å²) >= 11 is 0. The van der Waals surface area contributed by atoms with Crippen LogP contribution in [0.3, 0.4) is 0 Å². The molecule has 0 saturated carbocycles. The Morgan fingerprint density at radius 2 is 2.40 bits per heavy atom. The Kier molecular flexibility index (Phi) is 3.41. The van der Waals surface area contributed by atoms with Gasteiger partial charge in [-0.2, -0.15) is 8.78 Å². The molecule has 1 aromatic heterocycles. The van der Waals surface area contributed by atoms with Gasteiger partial charge in [-0.25, -0.2) is 4.79 Å². The number of aliphatic hydroxyl groups is 1. The van der Waals surface area contributed by atoms with Crippen LogP contribution in [0.4, 0.5) is 8.78 Å². The lowest BCUT2D eigenvalue weighted by Crippen LogP contribution is -2.37. The van der Waals surface area contributed by atoms with Gasteiger partial charge in [0.2, 0.25) is 0 Å². The third-order valence-corrected chi connectivity index (χ3v) is 1.70. The minimum absolute atomic E-state index is 0.181. The molecule has 1 aromatic rings. The Labute approximate surface area is 84.5 Å². The van der Waals surface area contributed by atoms with E-state index < -0.39 is 18.0 Å². The molecule has 1 N–H and O–H groups in total. The molecule has 0 aliphatic heterocycles. The molecule has 0 unspecified atom stereocenters. The second kappa shape index (κ2) is 4.39. The molecular formula is C9H10F2O4. The quantitative estimate of drug-likeness (QED) is 0.781. The van der Waals surface area contributed by atoms with Crippen LogP contribution in [0, 0.1) is 0 Å². The number of furan rings is 1. The molecule has 4 nitrogen and oxygen atoms in total. The van der Waals surface area contributed by atoms with Gasteiger partial charge in [-0.15, -0.1) is 0 Å². The maximum absolute atomic E-state index is 13.2. The average Bonchev–Trinajstić information content (AvgIpc) is 2.69. The number of aliphatic hydroxyl groups excluding tert-OH is 1. The van der Waals surface area contributed by atoms with Crippen LogP contribution in [0.25, 0.3) is 0 Å². The number of halogens is 2. The number of carbonyl (C=O) groups is 1. The van der Waals surface area contributed by atoms with E-state index in [1.165, 1.54) is 13.0 Å². The largest absolute Gasteiger partial charge is 0.466 e. The van der Waals surface area contributed by atoms with Gasteiger partial charge in [0.1, 0.15) is 5.76 Å². The molecule has 0 bridgehead atoms. The lowest BCUT2D eigenvalue weighted by Gasteiger charge is -2.18. The fourth-order valence-electron chi connectivity index (χ4n) is 0.964. The van der Waals surface area contributed by atoms with Crippen molar-refractivity contribution in [3.63, 3.8) is 0 Å². The van der Waals surface area contributed by atoms with Gasteiger partial charge < -0.3 is 14.3 Å². The molecule has 0 spiro atoms. The summed E-state index contributed by atoms with van der Waals surface area (Å²) in [7, 11) is 0. The Morgan fingerprint density at radius 1 is 1.73 bits per heavy atom. The monoisotopic (exact) mass is 220 g/mol. The summed E-state index contributed by atoms with van der Waals surface area (Å²) in [6, 6.07) is 2.48. The molecule has 1 heterocycles. The molecule has 1 rings (SSSR count). The Balaban J connectivity index is 2.81. The number of carbonyl (C=O) groups excluding carboxylic acids is 1. The fourth-order valence-corrected chi connectivity index (χ4v) is 0.964. The number of rotatable bonds is 4. The molecule has 6 heteroatoms. The first kappa shape index (κ1) is 11.6. The van der Waals surface area contributed by atoms with E-state index in [2.05, 4.69) is 9.15 Å². The van der Waals surface area contributed by atoms with Crippen molar-refractivity contribution < 1.29 is 27.8 Å². The summed E-state index contributed by atoms with van der Waals surface area (Å²) in [5.74, 6) is -6.16. The van der Waals surface area contributed by atoms with Crippen molar-refractivity contribution in [2.45, 2.75) is 19.0 Å². The van der Waals surface area contributed by atoms with Crippen molar-refractivity contribution >= 4 is 5.97 Å². The highest BCUT2D eigenvalue weighted by Gasteiger charge is 2.50. The van der Waals surface area contributed by atoms with Crippen molar-refractivity contribution in [3.05, 3.63) is 24.2 Å². The SMILES string of the molecule is CCOC(=O)C(F)(F)[C@H](O)c1ccco1. The highest BCUT2D eigenvalue weighted by Crippen LogP contribution is 2.32.